The van der Waals surface area contributed by atoms with Gasteiger partial charge in [0, 0.05) is 18.8 Å². The quantitative estimate of drug-likeness (QED) is 0.414. The molecule has 164 valence electrons. The van der Waals surface area contributed by atoms with E-state index < -0.39 is 0 Å². The number of nitrogens with one attached hydrogen (secondary N) is 2. The van der Waals surface area contributed by atoms with Crippen molar-refractivity contribution in [2.75, 3.05) is 25.0 Å². The first-order valence-electron chi connectivity index (χ1n) is 10.6. The van der Waals surface area contributed by atoms with Gasteiger partial charge in [-0.2, -0.15) is 5.10 Å². The van der Waals surface area contributed by atoms with Gasteiger partial charge < -0.3 is 15.4 Å². The molecule has 4 aromatic rings. The Balaban J connectivity index is 1.37. The summed E-state index contributed by atoms with van der Waals surface area (Å²) >= 11 is 0. The molecular formula is C24H26N6O2. The molecule has 0 aliphatic rings. The second-order valence-corrected chi connectivity index (χ2v) is 7.39. The molecule has 0 fully saturated rings. The van der Waals surface area contributed by atoms with E-state index in [0.717, 1.165) is 22.2 Å². The van der Waals surface area contributed by atoms with E-state index in [4.69, 9.17) is 4.74 Å². The number of anilines is 1. The summed E-state index contributed by atoms with van der Waals surface area (Å²) in [6.45, 7) is 7.25. The van der Waals surface area contributed by atoms with Crippen LogP contribution in [0.2, 0.25) is 0 Å². The number of carbonyl (C=O) groups excluding carboxylic acids is 1. The van der Waals surface area contributed by atoms with E-state index in [1.165, 1.54) is 0 Å². The standard InChI is InChI=1S/C24H26N6O2/c1-4-32-20-10-9-18-7-5-6-8-19(18)23(20)24(31)26-14-13-25-21-11-12-22(28-27-21)30-17(3)15-16(2)29-30/h5-12,15H,4,13-14H2,1-3H3,(H,25,27)(H,26,31). The highest BCUT2D eigenvalue weighted by molar-refractivity contribution is 6.09. The van der Waals surface area contributed by atoms with E-state index in [-0.39, 0.29) is 5.91 Å². The lowest BCUT2D eigenvalue weighted by atomic mass is 10.0. The summed E-state index contributed by atoms with van der Waals surface area (Å²) in [6, 6.07) is 17.3. The van der Waals surface area contributed by atoms with Crippen LogP contribution in [-0.4, -0.2) is 45.6 Å². The normalized spacial score (nSPS) is 10.8. The number of benzene rings is 2. The second-order valence-electron chi connectivity index (χ2n) is 7.39. The first-order valence-corrected chi connectivity index (χ1v) is 10.6. The van der Waals surface area contributed by atoms with Crippen molar-refractivity contribution < 1.29 is 9.53 Å². The fourth-order valence-corrected chi connectivity index (χ4v) is 3.61. The third-order valence-electron chi connectivity index (χ3n) is 5.01. The van der Waals surface area contributed by atoms with Gasteiger partial charge in [-0.25, -0.2) is 4.68 Å². The van der Waals surface area contributed by atoms with Crippen molar-refractivity contribution in [2.45, 2.75) is 20.8 Å². The molecule has 0 aliphatic carbocycles. The van der Waals surface area contributed by atoms with E-state index >= 15 is 0 Å². The highest BCUT2D eigenvalue weighted by Crippen LogP contribution is 2.28. The van der Waals surface area contributed by atoms with Crippen LogP contribution in [0.5, 0.6) is 5.75 Å². The fraction of sp³-hybridized carbons (Fsp3) is 0.250. The van der Waals surface area contributed by atoms with Crippen molar-refractivity contribution in [3.63, 3.8) is 0 Å². The minimum atomic E-state index is -0.169. The molecule has 0 radical (unpaired) electrons. The Kier molecular flexibility index (Phi) is 6.30. The number of hydrogen-bond acceptors (Lipinski definition) is 6. The lowest BCUT2D eigenvalue weighted by molar-refractivity contribution is 0.0953. The third kappa shape index (κ3) is 4.54. The number of rotatable bonds is 8. The lowest BCUT2D eigenvalue weighted by Gasteiger charge is -2.14. The number of fused-ring (bicyclic) bond motifs is 1. The van der Waals surface area contributed by atoms with E-state index in [1.807, 2.05) is 75.4 Å². The van der Waals surface area contributed by atoms with Gasteiger partial charge in [0.1, 0.15) is 11.6 Å². The maximum absolute atomic E-state index is 12.9. The average Bonchev–Trinajstić information content (AvgIpc) is 3.14. The van der Waals surface area contributed by atoms with Crippen molar-refractivity contribution in [1.82, 2.24) is 25.3 Å². The molecule has 0 spiro atoms. The molecule has 2 heterocycles. The van der Waals surface area contributed by atoms with Crippen LogP contribution in [0.3, 0.4) is 0 Å². The Morgan fingerprint density at radius 3 is 2.59 bits per heavy atom. The summed E-state index contributed by atoms with van der Waals surface area (Å²) < 4.78 is 7.45. The maximum Gasteiger partial charge on any atom is 0.255 e. The Bertz CT molecular complexity index is 1230. The smallest absolute Gasteiger partial charge is 0.255 e. The predicted molar refractivity (Wildman–Crippen MR) is 125 cm³/mol. The molecule has 0 aliphatic heterocycles. The lowest BCUT2D eigenvalue weighted by Crippen LogP contribution is -2.29. The Morgan fingerprint density at radius 2 is 1.88 bits per heavy atom. The molecular weight excluding hydrogens is 404 g/mol. The number of aromatic nitrogens is 4. The van der Waals surface area contributed by atoms with Gasteiger partial charge in [-0.15, -0.1) is 10.2 Å². The molecule has 2 aromatic carbocycles. The van der Waals surface area contributed by atoms with Gasteiger partial charge >= 0.3 is 0 Å². The first-order chi connectivity index (χ1) is 15.6. The van der Waals surface area contributed by atoms with E-state index in [0.29, 0.717) is 42.6 Å². The molecule has 2 aromatic heterocycles. The molecule has 1 amide bonds. The van der Waals surface area contributed by atoms with Crippen LogP contribution in [-0.2, 0) is 0 Å². The van der Waals surface area contributed by atoms with E-state index in [2.05, 4.69) is 25.9 Å². The Labute approximate surface area is 186 Å². The number of hydrogen-bond donors (Lipinski definition) is 2. The maximum atomic E-state index is 12.9. The topological polar surface area (TPSA) is 94.0 Å². The summed E-state index contributed by atoms with van der Waals surface area (Å²) in [7, 11) is 0. The van der Waals surface area contributed by atoms with Crippen molar-refractivity contribution in [3.8, 4) is 11.6 Å². The Morgan fingerprint density at radius 1 is 1.03 bits per heavy atom. The first kappa shape index (κ1) is 21.3. The van der Waals surface area contributed by atoms with Gasteiger partial charge in [-0.1, -0.05) is 30.3 Å². The summed E-state index contributed by atoms with van der Waals surface area (Å²) in [5, 5.41) is 20.9. The number of carbonyl (C=O) groups is 1. The fourth-order valence-electron chi connectivity index (χ4n) is 3.61. The number of nitrogens with zero attached hydrogens (tertiary/aromatic N) is 4. The Hall–Kier alpha value is -3.94. The van der Waals surface area contributed by atoms with Crippen molar-refractivity contribution in [3.05, 3.63) is 71.5 Å². The zero-order chi connectivity index (χ0) is 22.5. The van der Waals surface area contributed by atoms with Crippen molar-refractivity contribution >= 4 is 22.5 Å². The summed E-state index contributed by atoms with van der Waals surface area (Å²) in [6.07, 6.45) is 0. The minimum absolute atomic E-state index is 0.169. The van der Waals surface area contributed by atoms with Crippen LogP contribution >= 0.6 is 0 Å². The molecule has 0 saturated carbocycles. The molecule has 8 heteroatoms. The molecule has 0 saturated heterocycles. The van der Waals surface area contributed by atoms with Crippen LogP contribution in [0.1, 0.15) is 28.7 Å². The SMILES string of the molecule is CCOc1ccc2ccccc2c1C(=O)NCCNc1ccc(-n2nc(C)cc2C)nn1. The van der Waals surface area contributed by atoms with Crippen LogP contribution in [0.15, 0.2) is 54.6 Å². The largest absolute Gasteiger partial charge is 0.493 e. The summed E-state index contributed by atoms with van der Waals surface area (Å²) in [4.78, 5) is 12.9. The molecule has 0 unspecified atom stereocenters. The van der Waals surface area contributed by atoms with Gasteiger partial charge in [0.15, 0.2) is 5.82 Å². The van der Waals surface area contributed by atoms with Crippen LogP contribution in [0.4, 0.5) is 5.82 Å². The highest BCUT2D eigenvalue weighted by atomic mass is 16.5. The van der Waals surface area contributed by atoms with Gasteiger partial charge in [-0.05, 0) is 55.8 Å². The van der Waals surface area contributed by atoms with Crippen LogP contribution in [0, 0.1) is 13.8 Å². The van der Waals surface area contributed by atoms with Crippen molar-refractivity contribution in [1.29, 1.82) is 0 Å². The molecule has 32 heavy (non-hydrogen) atoms. The molecule has 4 rings (SSSR count). The van der Waals surface area contributed by atoms with E-state index in [9.17, 15) is 4.79 Å². The van der Waals surface area contributed by atoms with Gasteiger partial charge in [0.25, 0.3) is 5.91 Å². The minimum Gasteiger partial charge on any atom is -0.493 e. The summed E-state index contributed by atoms with van der Waals surface area (Å²) in [5.74, 6) is 1.71. The van der Waals surface area contributed by atoms with Gasteiger partial charge in [-0.3, -0.25) is 4.79 Å². The average molecular weight is 431 g/mol. The molecule has 0 atom stereocenters. The number of ether oxygens (including phenoxy) is 1. The highest BCUT2D eigenvalue weighted by Gasteiger charge is 2.16. The second kappa shape index (κ2) is 9.47. The molecule has 2 N–H and O–H groups in total. The monoisotopic (exact) mass is 430 g/mol. The number of aryl methyl sites for hydroxylation is 2. The zero-order valence-electron chi connectivity index (χ0n) is 18.4. The van der Waals surface area contributed by atoms with Gasteiger partial charge in [0.2, 0.25) is 0 Å². The van der Waals surface area contributed by atoms with Gasteiger partial charge in [0.05, 0.1) is 17.9 Å². The third-order valence-corrected chi connectivity index (χ3v) is 5.01. The summed E-state index contributed by atoms with van der Waals surface area (Å²) in [5.41, 5.74) is 2.49. The van der Waals surface area contributed by atoms with E-state index in [1.54, 1.807) is 4.68 Å². The van der Waals surface area contributed by atoms with Crippen LogP contribution in [0.25, 0.3) is 16.6 Å². The molecule has 0 bridgehead atoms. The zero-order valence-corrected chi connectivity index (χ0v) is 18.4. The predicted octanol–water partition coefficient (Wildman–Crippen LogP) is 3.67. The van der Waals surface area contributed by atoms with Crippen molar-refractivity contribution in [2.24, 2.45) is 0 Å². The molecule has 8 nitrogen and oxygen atoms in total. The number of amides is 1. The van der Waals surface area contributed by atoms with Crippen LogP contribution < -0.4 is 15.4 Å².